The largest absolute Gasteiger partial charge is 0.355 e. The van der Waals surface area contributed by atoms with Crippen LogP contribution in [0.4, 0.5) is 0 Å². The van der Waals surface area contributed by atoms with E-state index in [1.807, 2.05) is 42.5 Å². The van der Waals surface area contributed by atoms with Crippen molar-refractivity contribution in [1.82, 2.24) is 5.32 Å². The van der Waals surface area contributed by atoms with Gasteiger partial charge in [0.2, 0.25) is 5.91 Å². The highest BCUT2D eigenvalue weighted by atomic mass is 35.5. The van der Waals surface area contributed by atoms with Crippen LogP contribution < -0.4 is 5.32 Å². The van der Waals surface area contributed by atoms with Crippen molar-refractivity contribution in [2.45, 2.75) is 50.9 Å². The Balaban J connectivity index is 1.52. The predicted octanol–water partition coefficient (Wildman–Crippen LogP) is 6.55. The zero-order chi connectivity index (χ0) is 24.0. The van der Waals surface area contributed by atoms with Gasteiger partial charge in [0.25, 0.3) is 0 Å². The van der Waals surface area contributed by atoms with E-state index in [1.54, 1.807) is 0 Å². The molecule has 1 aliphatic carbocycles. The number of hydrogen-bond donors (Lipinski definition) is 1. The number of nitrogens with zero attached hydrogens (tertiary/aromatic N) is 1. The van der Waals surface area contributed by atoms with Crippen LogP contribution in [-0.4, -0.2) is 12.5 Å². The quantitative estimate of drug-likeness (QED) is 0.405. The molecule has 0 aromatic heterocycles. The average molecular weight is 471 g/mol. The Labute approximate surface area is 207 Å². The molecule has 0 aliphatic heterocycles. The van der Waals surface area contributed by atoms with E-state index in [-0.39, 0.29) is 11.8 Å². The van der Waals surface area contributed by atoms with Gasteiger partial charge in [0.15, 0.2) is 0 Å². The van der Waals surface area contributed by atoms with Gasteiger partial charge in [-0.25, -0.2) is 0 Å². The third-order valence-electron chi connectivity index (χ3n) is 7.07. The minimum Gasteiger partial charge on any atom is -0.355 e. The molecule has 4 rings (SSSR count). The van der Waals surface area contributed by atoms with Crippen molar-refractivity contribution in [3.63, 3.8) is 0 Å². The third kappa shape index (κ3) is 5.69. The standard InChI is InChI=1S/C30H31ClN2O/c1-22-7-11-27(12-8-22)30(15-2-3-16-30)29(34)33-21-26(17-23-9-13-28(31)14-10-23)19-24-5-4-6-25(18-24)20-32/h4-14,18,26H,2-3,15-17,19,21H2,1H3,(H,33,34). The van der Waals surface area contributed by atoms with E-state index in [9.17, 15) is 10.1 Å². The Morgan fingerprint density at radius 2 is 1.68 bits per heavy atom. The van der Waals surface area contributed by atoms with Gasteiger partial charge in [-0.05, 0) is 79.5 Å². The van der Waals surface area contributed by atoms with Crippen molar-refractivity contribution in [2.75, 3.05) is 6.54 Å². The van der Waals surface area contributed by atoms with Crippen LogP contribution >= 0.6 is 11.6 Å². The molecular weight excluding hydrogens is 440 g/mol. The maximum absolute atomic E-state index is 13.6. The van der Waals surface area contributed by atoms with Gasteiger partial charge in [-0.3, -0.25) is 4.79 Å². The molecule has 3 nitrogen and oxygen atoms in total. The summed E-state index contributed by atoms with van der Waals surface area (Å²) in [6.45, 7) is 2.67. The third-order valence-corrected chi connectivity index (χ3v) is 7.32. The Kier molecular flexibility index (Phi) is 7.70. The lowest BCUT2D eigenvalue weighted by Gasteiger charge is -2.30. The van der Waals surface area contributed by atoms with Crippen LogP contribution in [0.3, 0.4) is 0 Å². The monoisotopic (exact) mass is 470 g/mol. The molecule has 1 atom stereocenters. The molecule has 1 fully saturated rings. The van der Waals surface area contributed by atoms with E-state index in [0.717, 1.165) is 54.7 Å². The Bertz CT molecular complexity index is 1160. The van der Waals surface area contributed by atoms with Crippen LogP contribution in [0.25, 0.3) is 0 Å². The van der Waals surface area contributed by atoms with Gasteiger partial charge in [0, 0.05) is 11.6 Å². The molecule has 0 saturated heterocycles. The fourth-order valence-electron chi connectivity index (χ4n) is 5.18. The van der Waals surface area contributed by atoms with Gasteiger partial charge >= 0.3 is 0 Å². The summed E-state index contributed by atoms with van der Waals surface area (Å²) in [6, 6.07) is 26.4. The lowest BCUT2D eigenvalue weighted by Crippen LogP contribution is -2.44. The summed E-state index contributed by atoms with van der Waals surface area (Å²) in [5.74, 6) is 0.344. The molecule has 0 bridgehead atoms. The number of amides is 1. The van der Waals surface area contributed by atoms with Crippen LogP contribution in [0, 0.1) is 24.2 Å². The lowest BCUT2D eigenvalue weighted by molar-refractivity contribution is -0.126. The number of nitriles is 1. The molecular formula is C30H31ClN2O. The van der Waals surface area contributed by atoms with Gasteiger partial charge in [0.05, 0.1) is 17.0 Å². The van der Waals surface area contributed by atoms with Crippen LogP contribution in [0.1, 0.15) is 53.5 Å². The second kappa shape index (κ2) is 10.9. The summed E-state index contributed by atoms with van der Waals surface area (Å²) in [5.41, 5.74) is 4.87. The zero-order valence-corrected chi connectivity index (χ0v) is 20.4. The fraction of sp³-hybridized carbons (Fsp3) is 0.333. The maximum Gasteiger partial charge on any atom is 0.230 e. The van der Waals surface area contributed by atoms with E-state index in [0.29, 0.717) is 12.1 Å². The first-order valence-electron chi connectivity index (χ1n) is 12.1. The van der Waals surface area contributed by atoms with E-state index >= 15 is 0 Å². The lowest BCUT2D eigenvalue weighted by atomic mass is 9.77. The van der Waals surface area contributed by atoms with Crippen molar-refractivity contribution in [1.29, 1.82) is 5.26 Å². The number of nitrogens with one attached hydrogen (secondary N) is 1. The highest BCUT2D eigenvalue weighted by Crippen LogP contribution is 2.41. The first-order valence-corrected chi connectivity index (χ1v) is 12.5. The first kappa shape index (κ1) is 24.0. The number of benzene rings is 3. The Hall–Kier alpha value is -3.09. The minimum atomic E-state index is -0.431. The molecule has 0 spiro atoms. The van der Waals surface area contributed by atoms with Crippen molar-refractivity contribution >= 4 is 17.5 Å². The highest BCUT2D eigenvalue weighted by Gasteiger charge is 2.42. The predicted molar refractivity (Wildman–Crippen MR) is 138 cm³/mol. The summed E-state index contributed by atoms with van der Waals surface area (Å²) < 4.78 is 0. The maximum atomic E-state index is 13.6. The van der Waals surface area contributed by atoms with Crippen LogP contribution in [0.2, 0.25) is 5.02 Å². The first-order chi connectivity index (χ1) is 16.5. The van der Waals surface area contributed by atoms with Crippen molar-refractivity contribution in [3.8, 4) is 6.07 Å². The summed E-state index contributed by atoms with van der Waals surface area (Å²) >= 11 is 6.08. The summed E-state index contributed by atoms with van der Waals surface area (Å²) in [6.07, 6.45) is 5.57. The van der Waals surface area contributed by atoms with E-state index in [4.69, 9.17) is 11.6 Å². The number of carbonyl (C=O) groups excluding carboxylic acids is 1. The van der Waals surface area contributed by atoms with Crippen LogP contribution in [0.15, 0.2) is 72.8 Å². The normalized spacial score (nSPS) is 15.4. The molecule has 0 radical (unpaired) electrons. The van der Waals surface area contributed by atoms with Crippen molar-refractivity contribution < 1.29 is 4.79 Å². The van der Waals surface area contributed by atoms with Gasteiger partial charge in [0.1, 0.15) is 0 Å². The van der Waals surface area contributed by atoms with Gasteiger partial charge in [-0.15, -0.1) is 0 Å². The molecule has 1 saturated carbocycles. The topological polar surface area (TPSA) is 52.9 Å². The van der Waals surface area contributed by atoms with Gasteiger partial charge in [-0.1, -0.05) is 78.5 Å². The number of carbonyl (C=O) groups is 1. The molecule has 3 aromatic rings. The average Bonchev–Trinajstić information content (AvgIpc) is 3.35. The van der Waals surface area contributed by atoms with E-state index < -0.39 is 5.41 Å². The smallest absolute Gasteiger partial charge is 0.230 e. The molecule has 3 aromatic carbocycles. The second-order valence-electron chi connectivity index (χ2n) is 9.58. The van der Waals surface area contributed by atoms with Gasteiger partial charge in [-0.2, -0.15) is 5.26 Å². The minimum absolute atomic E-state index is 0.140. The Morgan fingerprint density at radius 3 is 2.35 bits per heavy atom. The summed E-state index contributed by atoms with van der Waals surface area (Å²) in [4.78, 5) is 13.6. The molecule has 174 valence electrons. The zero-order valence-electron chi connectivity index (χ0n) is 19.7. The van der Waals surface area contributed by atoms with E-state index in [2.05, 4.69) is 48.6 Å². The summed E-state index contributed by atoms with van der Waals surface area (Å²) in [7, 11) is 0. The molecule has 1 unspecified atom stereocenters. The summed E-state index contributed by atoms with van der Waals surface area (Å²) in [5, 5.41) is 13.3. The molecule has 0 heterocycles. The molecule has 4 heteroatoms. The number of aryl methyl sites for hydroxylation is 1. The number of hydrogen-bond acceptors (Lipinski definition) is 2. The van der Waals surface area contributed by atoms with Crippen LogP contribution in [0.5, 0.6) is 0 Å². The van der Waals surface area contributed by atoms with Crippen molar-refractivity contribution in [3.05, 3.63) is 106 Å². The Morgan fingerprint density at radius 1 is 1.00 bits per heavy atom. The molecule has 1 N–H and O–H groups in total. The van der Waals surface area contributed by atoms with Crippen molar-refractivity contribution in [2.24, 2.45) is 5.92 Å². The number of halogens is 1. The second-order valence-corrected chi connectivity index (χ2v) is 10.0. The fourth-order valence-corrected chi connectivity index (χ4v) is 5.30. The van der Waals surface area contributed by atoms with Crippen LogP contribution in [-0.2, 0) is 23.1 Å². The van der Waals surface area contributed by atoms with Gasteiger partial charge < -0.3 is 5.32 Å². The SMILES string of the molecule is Cc1ccc(C2(C(=O)NCC(Cc3ccc(Cl)cc3)Cc3cccc(C#N)c3)CCCC2)cc1. The molecule has 1 aliphatic rings. The molecule has 34 heavy (non-hydrogen) atoms. The van der Waals surface area contributed by atoms with E-state index in [1.165, 1.54) is 11.1 Å². The highest BCUT2D eigenvalue weighted by molar-refractivity contribution is 6.30. The number of rotatable bonds is 8. The molecule has 1 amide bonds.